The second-order valence-corrected chi connectivity index (χ2v) is 25.6. The highest BCUT2D eigenvalue weighted by molar-refractivity contribution is 5.80. The van der Waals surface area contributed by atoms with Crippen LogP contribution in [-0.4, -0.2) is 110 Å². The molecule has 0 aromatic heterocycles. The van der Waals surface area contributed by atoms with Crippen molar-refractivity contribution in [2.24, 2.45) is 0 Å². The Labute approximate surface area is 523 Å². The van der Waals surface area contributed by atoms with Gasteiger partial charge in [0.2, 0.25) is 5.91 Å². The van der Waals surface area contributed by atoms with E-state index in [0.717, 1.165) is 44.9 Å². The number of carbonyl (C=O) groups is 1. The van der Waals surface area contributed by atoms with E-state index in [1.165, 1.54) is 257 Å². The predicted molar refractivity (Wildman–Crippen MR) is 358 cm³/mol. The summed E-state index contributed by atoms with van der Waals surface area (Å²) in [5.41, 5.74) is 0. The van der Waals surface area contributed by atoms with Crippen LogP contribution in [0.2, 0.25) is 0 Å². The molecule has 0 radical (unpaired) electrons. The molecule has 9 unspecified atom stereocenters. The highest BCUT2D eigenvalue weighted by Crippen LogP contribution is 2.24. The average molecular weight is 1200 g/mol. The first-order chi connectivity index (χ1) is 41.7. The van der Waals surface area contributed by atoms with Crippen LogP contribution in [-0.2, 0) is 14.3 Å². The molecule has 11 nitrogen and oxygen atoms in total. The summed E-state index contributed by atoms with van der Waals surface area (Å²) < 4.78 is 11.2. The number of amides is 1. The van der Waals surface area contributed by atoms with Crippen LogP contribution >= 0.6 is 0 Å². The summed E-state index contributed by atoms with van der Waals surface area (Å²) in [4.78, 5) is 13.3. The molecule has 1 amide bonds. The third-order valence-corrected chi connectivity index (χ3v) is 17.6. The highest BCUT2D eigenvalue weighted by Gasteiger charge is 2.44. The van der Waals surface area contributed by atoms with E-state index >= 15 is 0 Å². The number of aliphatic hydroxyl groups excluding tert-OH is 7. The first-order valence-corrected chi connectivity index (χ1v) is 36.5. The van der Waals surface area contributed by atoms with Crippen molar-refractivity contribution in [1.82, 2.24) is 5.32 Å². The van der Waals surface area contributed by atoms with E-state index in [0.29, 0.717) is 19.3 Å². The molecule has 11 heteroatoms. The van der Waals surface area contributed by atoms with Crippen molar-refractivity contribution in [3.63, 3.8) is 0 Å². The van der Waals surface area contributed by atoms with Gasteiger partial charge in [0, 0.05) is 0 Å². The summed E-state index contributed by atoms with van der Waals surface area (Å²) in [7, 11) is 0. The summed E-state index contributed by atoms with van der Waals surface area (Å²) in [5, 5.41) is 76.5. The van der Waals surface area contributed by atoms with Gasteiger partial charge >= 0.3 is 0 Å². The Morgan fingerprint density at radius 3 is 1.05 bits per heavy atom. The molecule has 0 spiro atoms. The van der Waals surface area contributed by atoms with Gasteiger partial charge in [0.1, 0.15) is 36.6 Å². The van der Waals surface area contributed by atoms with E-state index in [4.69, 9.17) is 9.47 Å². The Kier molecular flexibility index (Phi) is 59.4. The molecule has 1 aliphatic heterocycles. The molecule has 0 bridgehead atoms. The molecule has 1 fully saturated rings. The number of nitrogens with one attached hydrogen (secondary N) is 1. The standard InChI is InChI=1S/C74H139NO10/c1-3-5-7-9-11-13-15-17-19-21-23-25-27-29-31-32-33-34-36-38-40-42-44-46-48-50-52-54-56-58-60-62-67(78)73(83)75-65(64-84-74-72(82)71(81)70(80)68(63-76)85-74)69(79)66(77)61-59-57-55-53-51-49-47-45-43-41-39-37-35-30-28-26-24-22-20-18-16-14-12-10-8-6-4-2/h29,31,37,39,45,47,53,55,65-72,74,76-82H,3-28,30,32-36,38,40-44,46,48-52,54,56-64H2,1-2H3,(H,75,83)/b31-29-,39-37+,47-45+,55-53+. The van der Waals surface area contributed by atoms with Crippen LogP contribution in [0.3, 0.4) is 0 Å². The number of hydrogen-bond acceptors (Lipinski definition) is 10. The molecule has 0 aromatic rings. The van der Waals surface area contributed by atoms with E-state index in [1.54, 1.807) is 0 Å². The number of carbonyl (C=O) groups excluding carboxylic acids is 1. The third-order valence-electron chi connectivity index (χ3n) is 17.6. The van der Waals surface area contributed by atoms with Gasteiger partial charge in [0.15, 0.2) is 6.29 Å². The molecule has 8 N–H and O–H groups in total. The second-order valence-electron chi connectivity index (χ2n) is 25.6. The minimum Gasteiger partial charge on any atom is -0.394 e. The maximum Gasteiger partial charge on any atom is 0.249 e. The summed E-state index contributed by atoms with van der Waals surface area (Å²) in [6.07, 6.45) is 70.6. The number of ether oxygens (including phenoxy) is 2. The maximum atomic E-state index is 13.3. The fourth-order valence-corrected chi connectivity index (χ4v) is 11.7. The van der Waals surface area contributed by atoms with Crippen LogP contribution in [0.1, 0.15) is 348 Å². The smallest absolute Gasteiger partial charge is 0.249 e. The number of aliphatic hydroxyl groups is 7. The molecule has 1 rings (SSSR count). The Hall–Kier alpha value is -1.93. The van der Waals surface area contributed by atoms with Crippen molar-refractivity contribution in [1.29, 1.82) is 0 Å². The molecule has 0 aromatic carbocycles. The minimum absolute atomic E-state index is 0.241. The van der Waals surface area contributed by atoms with Crippen molar-refractivity contribution < 1.29 is 50.0 Å². The van der Waals surface area contributed by atoms with Gasteiger partial charge in [-0.1, -0.05) is 306 Å². The fraction of sp³-hybridized carbons (Fsp3) is 0.878. The molecular weight excluding hydrogens is 1060 g/mol. The lowest BCUT2D eigenvalue weighted by molar-refractivity contribution is -0.303. The Morgan fingerprint density at radius 2 is 0.706 bits per heavy atom. The van der Waals surface area contributed by atoms with Crippen LogP contribution in [0, 0.1) is 0 Å². The van der Waals surface area contributed by atoms with E-state index in [2.05, 4.69) is 67.8 Å². The predicted octanol–water partition coefficient (Wildman–Crippen LogP) is 17.9. The molecule has 1 saturated heterocycles. The number of allylic oxidation sites excluding steroid dienone is 8. The van der Waals surface area contributed by atoms with Crippen LogP contribution in [0.15, 0.2) is 48.6 Å². The van der Waals surface area contributed by atoms with Crippen molar-refractivity contribution in [3.8, 4) is 0 Å². The molecular formula is C74H139NO10. The normalized spacial score (nSPS) is 19.1. The SMILES string of the molecule is CCCCCCCCCCCCCC/C=C\CCCCCCCCCCCCCCCCCC(O)C(=O)NC(COC1OC(CO)C(O)C(O)C1O)C(O)C(O)CCC/C=C/CC/C=C/CC/C=C/CCCCCCCCCCCCCCCC. The first-order valence-electron chi connectivity index (χ1n) is 36.5. The number of unbranched alkanes of at least 4 members (excludes halogenated alkanes) is 44. The fourth-order valence-electron chi connectivity index (χ4n) is 11.7. The summed E-state index contributed by atoms with van der Waals surface area (Å²) in [6, 6.07) is -1.20. The lowest BCUT2D eigenvalue weighted by Gasteiger charge is -2.40. The first kappa shape index (κ1) is 81.1. The third kappa shape index (κ3) is 49.5. The largest absolute Gasteiger partial charge is 0.394 e. The lowest BCUT2D eigenvalue weighted by Crippen LogP contribution is -2.60. The van der Waals surface area contributed by atoms with Crippen LogP contribution in [0.4, 0.5) is 0 Å². The molecule has 1 aliphatic rings. The number of rotatable bonds is 64. The minimum atomic E-state index is -1.67. The van der Waals surface area contributed by atoms with Crippen LogP contribution < -0.4 is 5.32 Å². The van der Waals surface area contributed by atoms with Crippen LogP contribution in [0.5, 0.6) is 0 Å². The van der Waals surface area contributed by atoms with Gasteiger partial charge in [-0.15, -0.1) is 0 Å². The second kappa shape index (κ2) is 62.3. The molecule has 1 heterocycles. The van der Waals surface area contributed by atoms with Crippen molar-refractivity contribution in [3.05, 3.63) is 48.6 Å². The van der Waals surface area contributed by atoms with Gasteiger partial charge < -0.3 is 50.5 Å². The summed E-state index contributed by atoms with van der Waals surface area (Å²) in [5.74, 6) is -0.708. The highest BCUT2D eigenvalue weighted by atomic mass is 16.7. The maximum absolute atomic E-state index is 13.3. The van der Waals surface area contributed by atoms with Crippen molar-refractivity contribution >= 4 is 5.91 Å². The van der Waals surface area contributed by atoms with Crippen molar-refractivity contribution in [2.45, 2.75) is 403 Å². The summed E-state index contributed by atoms with van der Waals surface area (Å²) >= 11 is 0. The molecule has 9 atom stereocenters. The van der Waals surface area contributed by atoms with E-state index in [9.17, 15) is 40.5 Å². The van der Waals surface area contributed by atoms with Gasteiger partial charge in [-0.25, -0.2) is 0 Å². The Bertz CT molecular complexity index is 1520. The lowest BCUT2D eigenvalue weighted by atomic mass is 9.98. The van der Waals surface area contributed by atoms with Gasteiger partial charge in [-0.05, 0) is 89.9 Å². The number of hydrogen-bond donors (Lipinski definition) is 8. The van der Waals surface area contributed by atoms with Gasteiger partial charge in [-0.3, -0.25) is 4.79 Å². The zero-order valence-corrected chi connectivity index (χ0v) is 55.4. The van der Waals surface area contributed by atoms with Crippen LogP contribution in [0.25, 0.3) is 0 Å². The van der Waals surface area contributed by atoms with Crippen molar-refractivity contribution in [2.75, 3.05) is 13.2 Å². The molecule has 500 valence electrons. The van der Waals surface area contributed by atoms with Gasteiger partial charge in [0.25, 0.3) is 0 Å². The Balaban J connectivity index is 2.22. The topological polar surface area (TPSA) is 189 Å². The van der Waals surface area contributed by atoms with E-state index in [-0.39, 0.29) is 12.8 Å². The average Bonchev–Trinajstić information content (AvgIpc) is 3.66. The van der Waals surface area contributed by atoms with Gasteiger partial charge in [-0.2, -0.15) is 0 Å². The molecule has 85 heavy (non-hydrogen) atoms. The summed E-state index contributed by atoms with van der Waals surface area (Å²) in [6.45, 7) is 3.49. The Morgan fingerprint density at radius 1 is 0.400 bits per heavy atom. The van der Waals surface area contributed by atoms with Gasteiger partial charge in [0.05, 0.1) is 25.4 Å². The van der Waals surface area contributed by atoms with E-state index in [1.807, 2.05) is 0 Å². The quantitative estimate of drug-likeness (QED) is 0.0215. The zero-order chi connectivity index (χ0) is 61.7. The zero-order valence-electron chi connectivity index (χ0n) is 55.4. The monoisotopic (exact) mass is 1200 g/mol. The van der Waals surface area contributed by atoms with E-state index < -0.39 is 74.2 Å². The molecule has 0 saturated carbocycles. The molecule has 0 aliphatic carbocycles.